The van der Waals surface area contributed by atoms with Gasteiger partial charge in [0.1, 0.15) is 5.76 Å². The first-order valence-electron chi connectivity index (χ1n) is 8.56. The van der Waals surface area contributed by atoms with E-state index in [1.54, 1.807) is 24.4 Å². The van der Waals surface area contributed by atoms with Crippen LogP contribution < -0.4 is 0 Å². The fourth-order valence-electron chi connectivity index (χ4n) is 3.31. The maximum Gasteiger partial charge on any atom is 0.396 e. The zero-order valence-corrected chi connectivity index (χ0v) is 14.5. The molecule has 1 aliphatic rings. The van der Waals surface area contributed by atoms with E-state index in [-0.39, 0.29) is 5.76 Å². The Morgan fingerprint density at radius 2 is 1.81 bits per heavy atom. The average Bonchev–Trinajstić information content (AvgIpc) is 3.31. The smallest absolute Gasteiger partial charge is 0.396 e. The average molecular weight is 370 g/mol. The maximum absolute atomic E-state index is 13.3. The van der Waals surface area contributed by atoms with Crippen LogP contribution in [0.1, 0.15) is 17.2 Å². The number of nitrogens with one attached hydrogen (secondary N) is 1. The largest absolute Gasteiger partial charge is 0.457 e. The zero-order chi connectivity index (χ0) is 19.0. The molecule has 0 fully saturated rings. The van der Waals surface area contributed by atoms with Crippen LogP contribution in [-0.2, 0) is 0 Å². The van der Waals surface area contributed by atoms with Crippen molar-refractivity contribution in [2.45, 2.75) is 19.0 Å². The second kappa shape index (κ2) is 6.61. The van der Waals surface area contributed by atoms with Crippen LogP contribution in [0.2, 0.25) is 0 Å². The molecule has 0 saturated heterocycles. The van der Waals surface area contributed by atoms with Gasteiger partial charge in [-0.15, -0.1) is 0 Å². The second-order valence-corrected chi connectivity index (χ2v) is 6.53. The summed E-state index contributed by atoms with van der Waals surface area (Å²) in [5, 5.41) is 0. The fourth-order valence-corrected chi connectivity index (χ4v) is 3.31. The van der Waals surface area contributed by atoms with Gasteiger partial charge in [0.25, 0.3) is 0 Å². The minimum Gasteiger partial charge on any atom is -0.457 e. The number of aryl methyl sites for hydroxylation is 1. The molecule has 0 radical (unpaired) electrons. The summed E-state index contributed by atoms with van der Waals surface area (Å²) in [6.45, 7) is 2.00. The Morgan fingerprint density at radius 1 is 1.04 bits per heavy atom. The van der Waals surface area contributed by atoms with E-state index in [4.69, 9.17) is 4.42 Å². The molecule has 0 spiro atoms. The minimum atomic E-state index is -4.33. The molecule has 1 aromatic carbocycles. The van der Waals surface area contributed by atoms with Gasteiger partial charge in [-0.3, -0.25) is 0 Å². The molecule has 6 heteroatoms. The zero-order valence-electron chi connectivity index (χ0n) is 14.5. The number of aromatic amines is 1. The van der Waals surface area contributed by atoms with E-state index in [0.29, 0.717) is 11.6 Å². The number of halogens is 3. The lowest BCUT2D eigenvalue weighted by Gasteiger charge is -2.24. The molecule has 1 aliphatic carbocycles. The first-order chi connectivity index (χ1) is 12.9. The molecule has 0 bridgehead atoms. The fraction of sp³-hybridized carbons (Fsp3) is 0.190. The normalized spacial score (nSPS) is 19.6. The Bertz CT molecular complexity index is 1010. The lowest BCUT2D eigenvalue weighted by atomic mass is 9.86. The standard InChI is InChI=1S/C21H17F3N2O/c1-13-6-2-3-7-14(13)17-12-25-20(26-17)19-11-10-18(27-19)15-8-4-5-9-16(15)21(22,23)24/h2-12,15-16H,1H3,(H,25,26). The first kappa shape index (κ1) is 17.4. The third-order valence-electron chi connectivity index (χ3n) is 4.71. The van der Waals surface area contributed by atoms with Gasteiger partial charge in [-0.1, -0.05) is 48.6 Å². The van der Waals surface area contributed by atoms with E-state index in [0.717, 1.165) is 22.9 Å². The van der Waals surface area contributed by atoms with Crippen LogP contribution in [-0.4, -0.2) is 16.1 Å². The predicted octanol–water partition coefficient (Wildman–Crippen LogP) is 6.03. The van der Waals surface area contributed by atoms with Gasteiger partial charge >= 0.3 is 6.18 Å². The Kier molecular flexibility index (Phi) is 4.26. The number of alkyl halides is 3. The van der Waals surface area contributed by atoms with Crippen molar-refractivity contribution >= 4 is 0 Å². The SMILES string of the molecule is Cc1ccccc1-c1cnc(-c2ccc(C3C=CC=CC3C(F)(F)F)o2)[nH]1. The van der Waals surface area contributed by atoms with Gasteiger partial charge in [0, 0.05) is 5.56 Å². The molecule has 0 amide bonds. The summed E-state index contributed by atoms with van der Waals surface area (Å²) in [5.74, 6) is -1.32. The van der Waals surface area contributed by atoms with E-state index >= 15 is 0 Å². The Balaban J connectivity index is 1.63. The number of nitrogens with zero attached hydrogens (tertiary/aromatic N) is 1. The number of H-pyrrole nitrogens is 1. The number of hydrogen-bond acceptors (Lipinski definition) is 2. The summed E-state index contributed by atoms with van der Waals surface area (Å²) >= 11 is 0. The third kappa shape index (κ3) is 3.35. The molecule has 1 N–H and O–H groups in total. The maximum atomic E-state index is 13.3. The molecule has 3 nitrogen and oxygen atoms in total. The number of rotatable bonds is 3. The molecule has 4 rings (SSSR count). The number of hydrogen-bond donors (Lipinski definition) is 1. The molecule has 2 atom stereocenters. The molecular formula is C21H17F3N2O. The summed E-state index contributed by atoms with van der Waals surface area (Å²) in [7, 11) is 0. The lowest BCUT2D eigenvalue weighted by molar-refractivity contribution is -0.165. The summed E-state index contributed by atoms with van der Waals surface area (Å²) in [4.78, 5) is 7.51. The van der Waals surface area contributed by atoms with Gasteiger partial charge in [0.2, 0.25) is 0 Å². The predicted molar refractivity (Wildman–Crippen MR) is 97.0 cm³/mol. The second-order valence-electron chi connectivity index (χ2n) is 6.53. The summed E-state index contributed by atoms with van der Waals surface area (Å²) < 4.78 is 45.6. The number of allylic oxidation sites excluding steroid dienone is 4. The van der Waals surface area contributed by atoms with Crippen LogP contribution in [0.25, 0.3) is 22.8 Å². The monoisotopic (exact) mass is 370 g/mol. The van der Waals surface area contributed by atoms with Crippen molar-refractivity contribution in [3.8, 4) is 22.8 Å². The summed E-state index contributed by atoms with van der Waals surface area (Å²) in [6.07, 6.45) is 3.07. The molecule has 27 heavy (non-hydrogen) atoms. The Hall–Kier alpha value is -3.02. The van der Waals surface area contributed by atoms with Gasteiger partial charge in [0.05, 0.1) is 23.7 Å². The highest BCUT2D eigenvalue weighted by Gasteiger charge is 2.44. The van der Waals surface area contributed by atoms with Crippen molar-refractivity contribution in [3.05, 3.63) is 78.2 Å². The quantitative estimate of drug-likeness (QED) is 0.611. The van der Waals surface area contributed by atoms with Crippen molar-refractivity contribution in [1.82, 2.24) is 9.97 Å². The molecule has 3 aromatic rings. The summed E-state index contributed by atoms with van der Waals surface area (Å²) in [5.41, 5.74) is 2.94. The van der Waals surface area contributed by atoms with Crippen LogP contribution in [0.15, 0.2) is 71.3 Å². The molecule has 2 heterocycles. The van der Waals surface area contributed by atoms with Crippen molar-refractivity contribution < 1.29 is 17.6 Å². The highest BCUT2D eigenvalue weighted by atomic mass is 19.4. The highest BCUT2D eigenvalue weighted by molar-refractivity contribution is 5.65. The van der Waals surface area contributed by atoms with Crippen molar-refractivity contribution in [3.63, 3.8) is 0 Å². The molecule has 2 aromatic heterocycles. The lowest BCUT2D eigenvalue weighted by Crippen LogP contribution is -2.27. The van der Waals surface area contributed by atoms with Gasteiger partial charge in [-0.05, 0) is 24.6 Å². The van der Waals surface area contributed by atoms with Gasteiger partial charge in [0.15, 0.2) is 11.6 Å². The molecule has 2 unspecified atom stereocenters. The molecular weight excluding hydrogens is 353 g/mol. The Morgan fingerprint density at radius 3 is 2.59 bits per heavy atom. The van der Waals surface area contributed by atoms with Gasteiger partial charge < -0.3 is 9.40 Å². The van der Waals surface area contributed by atoms with Crippen LogP contribution >= 0.6 is 0 Å². The molecule has 0 aliphatic heterocycles. The molecule has 138 valence electrons. The van der Waals surface area contributed by atoms with E-state index in [9.17, 15) is 13.2 Å². The number of aromatic nitrogens is 2. The minimum absolute atomic E-state index is 0.266. The van der Waals surface area contributed by atoms with Gasteiger partial charge in [-0.25, -0.2) is 4.98 Å². The van der Waals surface area contributed by atoms with Crippen LogP contribution in [0.5, 0.6) is 0 Å². The number of benzene rings is 1. The van der Waals surface area contributed by atoms with Gasteiger partial charge in [-0.2, -0.15) is 13.2 Å². The topological polar surface area (TPSA) is 41.8 Å². The van der Waals surface area contributed by atoms with Crippen molar-refractivity contribution in [2.24, 2.45) is 5.92 Å². The first-order valence-corrected chi connectivity index (χ1v) is 8.56. The number of furan rings is 1. The van der Waals surface area contributed by atoms with Crippen molar-refractivity contribution in [2.75, 3.05) is 0 Å². The van der Waals surface area contributed by atoms with Crippen LogP contribution in [0.3, 0.4) is 0 Å². The van der Waals surface area contributed by atoms with E-state index in [1.807, 2.05) is 31.2 Å². The van der Waals surface area contributed by atoms with Crippen molar-refractivity contribution in [1.29, 1.82) is 0 Å². The van der Waals surface area contributed by atoms with E-state index < -0.39 is 18.0 Å². The molecule has 0 saturated carbocycles. The van der Waals surface area contributed by atoms with Crippen LogP contribution in [0.4, 0.5) is 13.2 Å². The Labute approximate surface area is 154 Å². The van der Waals surface area contributed by atoms with E-state index in [1.165, 1.54) is 12.2 Å². The van der Waals surface area contributed by atoms with Crippen LogP contribution in [0, 0.1) is 12.8 Å². The summed E-state index contributed by atoms with van der Waals surface area (Å²) in [6, 6.07) is 11.1. The van der Waals surface area contributed by atoms with E-state index in [2.05, 4.69) is 9.97 Å². The number of imidazole rings is 1. The highest BCUT2D eigenvalue weighted by Crippen LogP contribution is 2.42. The third-order valence-corrected chi connectivity index (χ3v) is 4.71.